The Morgan fingerprint density at radius 2 is 1.80 bits per heavy atom. The molecule has 1 aliphatic rings. The molecule has 1 atom stereocenters. The van der Waals surface area contributed by atoms with Crippen molar-refractivity contribution in [3.63, 3.8) is 0 Å². The number of esters is 1. The minimum atomic E-state index is -0.314. The zero-order valence-electron chi connectivity index (χ0n) is 13.3. The lowest BCUT2D eigenvalue weighted by Gasteiger charge is -2.30. The minimum absolute atomic E-state index is 0.0543. The maximum absolute atomic E-state index is 12.4. The van der Waals surface area contributed by atoms with Crippen LogP contribution in [0.4, 0.5) is 0 Å². The molecule has 0 aromatic carbocycles. The highest BCUT2D eigenvalue weighted by Gasteiger charge is 2.37. The first-order valence-electron chi connectivity index (χ1n) is 8.05. The van der Waals surface area contributed by atoms with Crippen LogP contribution in [0, 0.1) is 5.41 Å². The SMILES string of the molecule is CCCCC(CC)(CCCC)C(=O)OCOCC1CO1. The van der Waals surface area contributed by atoms with Crippen molar-refractivity contribution in [1.29, 1.82) is 0 Å². The van der Waals surface area contributed by atoms with Crippen molar-refractivity contribution < 1.29 is 19.0 Å². The molecule has 1 rings (SSSR count). The van der Waals surface area contributed by atoms with E-state index < -0.39 is 0 Å². The molecule has 1 aliphatic heterocycles. The van der Waals surface area contributed by atoms with E-state index in [-0.39, 0.29) is 24.3 Å². The van der Waals surface area contributed by atoms with E-state index in [1.807, 2.05) is 0 Å². The van der Waals surface area contributed by atoms with E-state index in [1.54, 1.807) is 0 Å². The molecule has 20 heavy (non-hydrogen) atoms. The highest BCUT2D eigenvalue weighted by atomic mass is 16.7. The second-order valence-electron chi connectivity index (χ2n) is 5.72. The topological polar surface area (TPSA) is 48.1 Å². The van der Waals surface area contributed by atoms with Crippen molar-refractivity contribution in [3.05, 3.63) is 0 Å². The highest BCUT2D eigenvalue weighted by Crippen LogP contribution is 2.36. The van der Waals surface area contributed by atoms with Gasteiger partial charge in [-0.2, -0.15) is 0 Å². The minimum Gasteiger partial charge on any atom is -0.438 e. The van der Waals surface area contributed by atoms with Crippen molar-refractivity contribution in [2.24, 2.45) is 5.41 Å². The Bertz CT molecular complexity index is 266. The van der Waals surface area contributed by atoms with Crippen molar-refractivity contribution >= 4 is 5.97 Å². The van der Waals surface area contributed by atoms with E-state index in [2.05, 4.69) is 20.8 Å². The van der Waals surface area contributed by atoms with Crippen LogP contribution in [0.5, 0.6) is 0 Å². The largest absolute Gasteiger partial charge is 0.438 e. The second-order valence-corrected chi connectivity index (χ2v) is 5.72. The number of carbonyl (C=O) groups excluding carboxylic acids is 1. The van der Waals surface area contributed by atoms with Crippen molar-refractivity contribution in [1.82, 2.24) is 0 Å². The molecule has 118 valence electrons. The summed E-state index contributed by atoms with van der Waals surface area (Å²) in [5.41, 5.74) is -0.314. The number of carbonyl (C=O) groups is 1. The Morgan fingerprint density at radius 1 is 1.20 bits per heavy atom. The molecule has 0 spiro atoms. The molecular formula is C16H30O4. The Balaban J connectivity index is 2.41. The molecular weight excluding hydrogens is 256 g/mol. The summed E-state index contributed by atoms with van der Waals surface area (Å²) in [7, 11) is 0. The van der Waals surface area contributed by atoms with Crippen molar-refractivity contribution in [3.8, 4) is 0 Å². The number of hydrogen-bond donors (Lipinski definition) is 0. The smallest absolute Gasteiger partial charge is 0.314 e. The van der Waals surface area contributed by atoms with Crippen LogP contribution >= 0.6 is 0 Å². The predicted molar refractivity (Wildman–Crippen MR) is 78.4 cm³/mol. The van der Waals surface area contributed by atoms with Crippen molar-refractivity contribution in [2.75, 3.05) is 20.0 Å². The summed E-state index contributed by atoms with van der Waals surface area (Å²) in [6.07, 6.45) is 7.26. The van der Waals surface area contributed by atoms with Gasteiger partial charge < -0.3 is 14.2 Å². The van der Waals surface area contributed by atoms with Crippen LogP contribution in [0.15, 0.2) is 0 Å². The first kappa shape index (κ1) is 17.4. The van der Waals surface area contributed by atoms with E-state index >= 15 is 0 Å². The summed E-state index contributed by atoms with van der Waals surface area (Å²) in [4.78, 5) is 12.4. The fourth-order valence-corrected chi connectivity index (χ4v) is 2.45. The Labute approximate surface area is 123 Å². The van der Waals surface area contributed by atoms with Gasteiger partial charge in [0.15, 0.2) is 6.79 Å². The van der Waals surface area contributed by atoms with Gasteiger partial charge in [0, 0.05) is 0 Å². The zero-order chi connectivity index (χ0) is 14.8. The molecule has 0 radical (unpaired) electrons. The van der Waals surface area contributed by atoms with E-state index in [0.29, 0.717) is 6.61 Å². The van der Waals surface area contributed by atoms with Crippen LogP contribution in [0.1, 0.15) is 65.7 Å². The fourth-order valence-electron chi connectivity index (χ4n) is 2.45. The maximum Gasteiger partial charge on any atom is 0.314 e. The Hall–Kier alpha value is -0.610. The summed E-state index contributed by atoms with van der Waals surface area (Å²) in [6.45, 7) is 7.75. The quantitative estimate of drug-likeness (QED) is 0.238. The zero-order valence-corrected chi connectivity index (χ0v) is 13.3. The van der Waals surface area contributed by atoms with Gasteiger partial charge in [-0.1, -0.05) is 46.5 Å². The molecule has 1 fully saturated rings. The van der Waals surface area contributed by atoms with Gasteiger partial charge in [-0.25, -0.2) is 0 Å². The second kappa shape index (κ2) is 9.35. The van der Waals surface area contributed by atoms with Gasteiger partial charge in [0.1, 0.15) is 6.10 Å². The number of unbranched alkanes of at least 4 members (excludes halogenated alkanes) is 2. The molecule has 1 saturated heterocycles. The van der Waals surface area contributed by atoms with E-state index in [9.17, 15) is 4.79 Å². The van der Waals surface area contributed by atoms with Crippen LogP contribution in [0.3, 0.4) is 0 Å². The summed E-state index contributed by atoms with van der Waals surface area (Å²) in [6, 6.07) is 0. The third-order valence-electron chi connectivity index (χ3n) is 4.11. The summed E-state index contributed by atoms with van der Waals surface area (Å²) in [5.74, 6) is -0.0846. The van der Waals surface area contributed by atoms with Gasteiger partial charge in [-0.15, -0.1) is 0 Å². The summed E-state index contributed by atoms with van der Waals surface area (Å²) < 4.78 is 15.7. The third-order valence-corrected chi connectivity index (χ3v) is 4.11. The van der Waals surface area contributed by atoms with Gasteiger partial charge in [-0.3, -0.25) is 4.79 Å². The standard InChI is InChI=1S/C16H30O4/c1-4-7-9-16(6-3,10-8-5-2)15(17)20-13-18-11-14-12-19-14/h14H,4-13H2,1-3H3. The van der Waals surface area contributed by atoms with Crippen LogP contribution in [0.25, 0.3) is 0 Å². The third kappa shape index (κ3) is 5.80. The molecule has 0 aliphatic carbocycles. The monoisotopic (exact) mass is 286 g/mol. The van der Waals surface area contributed by atoms with Gasteiger partial charge in [-0.05, 0) is 19.3 Å². The number of rotatable bonds is 12. The average molecular weight is 286 g/mol. The van der Waals surface area contributed by atoms with Gasteiger partial charge in [0.25, 0.3) is 0 Å². The van der Waals surface area contributed by atoms with E-state index in [4.69, 9.17) is 14.2 Å². The van der Waals surface area contributed by atoms with Crippen molar-refractivity contribution in [2.45, 2.75) is 71.8 Å². The highest BCUT2D eigenvalue weighted by molar-refractivity contribution is 5.76. The Morgan fingerprint density at radius 3 is 2.25 bits per heavy atom. The lowest BCUT2D eigenvalue weighted by molar-refractivity contribution is -0.170. The average Bonchev–Trinajstić information content (AvgIpc) is 3.28. The molecule has 4 nitrogen and oxygen atoms in total. The fraction of sp³-hybridized carbons (Fsp3) is 0.938. The summed E-state index contributed by atoms with van der Waals surface area (Å²) in [5, 5.41) is 0. The van der Waals surface area contributed by atoms with E-state index in [1.165, 1.54) is 0 Å². The van der Waals surface area contributed by atoms with Gasteiger partial charge in [0.05, 0.1) is 18.6 Å². The van der Waals surface area contributed by atoms with Crippen LogP contribution in [-0.2, 0) is 19.0 Å². The molecule has 0 amide bonds. The predicted octanol–water partition coefficient (Wildman–Crippen LogP) is 3.68. The normalized spacial score (nSPS) is 18.1. The first-order valence-corrected chi connectivity index (χ1v) is 8.05. The first-order chi connectivity index (χ1) is 9.68. The summed E-state index contributed by atoms with van der Waals surface area (Å²) >= 11 is 0. The lowest BCUT2D eigenvalue weighted by atomic mass is 9.76. The molecule has 4 heteroatoms. The lowest BCUT2D eigenvalue weighted by Crippen LogP contribution is -2.33. The number of hydrogen-bond acceptors (Lipinski definition) is 4. The van der Waals surface area contributed by atoms with E-state index in [0.717, 1.165) is 51.6 Å². The molecule has 0 bridgehead atoms. The number of epoxide rings is 1. The molecule has 1 unspecified atom stereocenters. The van der Waals surface area contributed by atoms with Crippen LogP contribution in [0.2, 0.25) is 0 Å². The van der Waals surface area contributed by atoms with Crippen LogP contribution in [-0.4, -0.2) is 32.1 Å². The Kier molecular flexibility index (Phi) is 8.15. The maximum atomic E-state index is 12.4. The van der Waals surface area contributed by atoms with Gasteiger partial charge >= 0.3 is 5.97 Å². The van der Waals surface area contributed by atoms with Crippen LogP contribution < -0.4 is 0 Å². The van der Waals surface area contributed by atoms with Gasteiger partial charge in [0.2, 0.25) is 0 Å². The number of ether oxygens (including phenoxy) is 3. The molecule has 1 heterocycles. The molecule has 0 saturated carbocycles. The molecule has 0 aromatic rings. The molecule has 0 aromatic heterocycles. The molecule has 0 N–H and O–H groups in total.